The third kappa shape index (κ3) is 3.34. The minimum atomic E-state index is -0.776. The molecule has 6 heteroatoms. The molecule has 1 saturated carbocycles. The molecule has 0 heterocycles. The van der Waals surface area contributed by atoms with Crippen molar-refractivity contribution >= 4 is 17.3 Å². The van der Waals surface area contributed by atoms with Crippen molar-refractivity contribution < 1.29 is 29.0 Å². The van der Waals surface area contributed by atoms with E-state index in [2.05, 4.69) is 0 Å². The predicted octanol–water partition coefficient (Wildman–Crippen LogP) is 3.52. The molecule has 0 aromatic heterocycles. The average Bonchev–Trinajstić information content (AvgIpc) is 2.71. The molecule has 0 saturated heterocycles. The van der Waals surface area contributed by atoms with Crippen LogP contribution < -0.4 is 4.74 Å². The van der Waals surface area contributed by atoms with Crippen molar-refractivity contribution in [3.05, 3.63) is 59.2 Å². The summed E-state index contributed by atoms with van der Waals surface area (Å²) in [6, 6.07) is 11.8. The number of carbonyl (C=O) groups excluding carboxylic acids is 3. The van der Waals surface area contributed by atoms with Gasteiger partial charge in [0.25, 0.3) is 0 Å². The number of methoxy groups -OCH3 is 1. The van der Waals surface area contributed by atoms with Crippen LogP contribution in [0.1, 0.15) is 52.1 Å². The van der Waals surface area contributed by atoms with Crippen LogP contribution in [0.5, 0.6) is 11.5 Å². The van der Waals surface area contributed by atoms with Crippen LogP contribution in [-0.2, 0) is 9.53 Å². The van der Waals surface area contributed by atoms with Gasteiger partial charge in [-0.05, 0) is 30.7 Å². The smallest absolute Gasteiger partial charge is 0.173 e. The molecule has 1 fully saturated rings. The van der Waals surface area contributed by atoms with E-state index < -0.39 is 17.9 Å². The molecule has 4 unspecified atom stereocenters. The molecule has 6 nitrogen and oxygen atoms in total. The van der Waals surface area contributed by atoms with Crippen LogP contribution in [0.15, 0.2) is 42.5 Å². The normalized spacial score (nSPS) is 24.6. The van der Waals surface area contributed by atoms with Gasteiger partial charge in [0.05, 0.1) is 30.8 Å². The summed E-state index contributed by atoms with van der Waals surface area (Å²) < 4.78 is 11.3. The molecule has 2 aromatic rings. The fourth-order valence-electron chi connectivity index (χ4n) is 4.39. The van der Waals surface area contributed by atoms with Crippen LogP contribution in [0.2, 0.25) is 0 Å². The first-order valence-electron chi connectivity index (χ1n) is 9.62. The van der Waals surface area contributed by atoms with E-state index in [1.807, 2.05) is 31.2 Å². The summed E-state index contributed by atoms with van der Waals surface area (Å²) in [6.07, 6.45) is -1.00. The summed E-state index contributed by atoms with van der Waals surface area (Å²) in [7, 11) is 1.58. The average molecular weight is 394 g/mol. The molecule has 2 aliphatic carbocycles. The first kappa shape index (κ1) is 19.3. The maximum Gasteiger partial charge on any atom is 0.173 e. The Morgan fingerprint density at radius 1 is 1.00 bits per heavy atom. The Bertz CT molecular complexity index is 977. The maximum absolute atomic E-state index is 13.2. The molecule has 0 aliphatic heterocycles. The van der Waals surface area contributed by atoms with Crippen molar-refractivity contribution in [2.45, 2.75) is 32.0 Å². The van der Waals surface area contributed by atoms with E-state index in [1.165, 1.54) is 18.2 Å². The number of fused-ring (bicyclic) bond motifs is 2. The Balaban J connectivity index is 1.65. The van der Waals surface area contributed by atoms with Crippen LogP contribution in [0.4, 0.5) is 0 Å². The summed E-state index contributed by atoms with van der Waals surface area (Å²) in [4.78, 5) is 38.5. The third-order valence-corrected chi connectivity index (χ3v) is 5.87. The zero-order valence-corrected chi connectivity index (χ0v) is 16.3. The standard InChI is InChI=1S/C23H22O6/c1-12(13-6-8-15(28-2)9-7-13)29-19-11-14(24)10-17-21(19)23(27)20-16(22(17)26)4-3-5-18(20)25/h3-9,12,17,19,21,25H,10-11H2,1-2H3. The number of ketones is 3. The first-order valence-corrected chi connectivity index (χ1v) is 9.62. The molecular formula is C23H22O6. The van der Waals surface area contributed by atoms with Gasteiger partial charge < -0.3 is 14.6 Å². The topological polar surface area (TPSA) is 89.9 Å². The molecule has 2 aliphatic rings. The van der Waals surface area contributed by atoms with E-state index in [0.29, 0.717) is 5.75 Å². The number of phenolic OH excluding ortho intramolecular Hbond substituents is 1. The van der Waals surface area contributed by atoms with Crippen LogP contribution in [0, 0.1) is 11.8 Å². The van der Waals surface area contributed by atoms with Gasteiger partial charge in [-0.2, -0.15) is 0 Å². The van der Waals surface area contributed by atoms with Crippen LogP contribution in [-0.4, -0.2) is 35.7 Å². The van der Waals surface area contributed by atoms with E-state index >= 15 is 0 Å². The van der Waals surface area contributed by atoms with Gasteiger partial charge in [-0.1, -0.05) is 24.3 Å². The second-order valence-electron chi connectivity index (χ2n) is 7.60. The van der Waals surface area contributed by atoms with Gasteiger partial charge in [-0.15, -0.1) is 0 Å². The predicted molar refractivity (Wildman–Crippen MR) is 104 cm³/mol. The van der Waals surface area contributed by atoms with Crippen LogP contribution in [0.3, 0.4) is 0 Å². The Morgan fingerprint density at radius 2 is 1.72 bits per heavy atom. The Kier molecular flexibility index (Phi) is 4.96. The molecule has 4 atom stereocenters. The third-order valence-electron chi connectivity index (χ3n) is 5.87. The van der Waals surface area contributed by atoms with Crippen molar-refractivity contribution in [2.75, 3.05) is 7.11 Å². The Hall–Kier alpha value is -2.99. The summed E-state index contributed by atoms with van der Waals surface area (Å²) in [5.74, 6) is -1.72. The number of benzene rings is 2. The number of hydrogen-bond acceptors (Lipinski definition) is 6. The number of ether oxygens (including phenoxy) is 2. The van der Waals surface area contributed by atoms with Gasteiger partial charge in [-0.25, -0.2) is 0 Å². The number of rotatable bonds is 4. The fraction of sp³-hybridized carbons (Fsp3) is 0.348. The second-order valence-corrected chi connectivity index (χ2v) is 7.60. The van der Waals surface area contributed by atoms with E-state index in [4.69, 9.17) is 9.47 Å². The molecule has 0 spiro atoms. The van der Waals surface area contributed by atoms with E-state index in [0.717, 1.165) is 5.56 Å². The minimum Gasteiger partial charge on any atom is -0.507 e. The SMILES string of the molecule is COc1ccc(C(C)OC2CC(=O)CC3C(=O)c4cccc(O)c4C(=O)C23)cc1. The molecule has 150 valence electrons. The van der Waals surface area contributed by atoms with Crippen molar-refractivity contribution in [3.63, 3.8) is 0 Å². The number of aromatic hydroxyl groups is 1. The van der Waals surface area contributed by atoms with Gasteiger partial charge >= 0.3 is 0 Å². The monoisotopic (exact) mass is 394 g/mol. The van der Waals surface area contributed by atoms with E-state index in [1.54, 1.807) is 7.11 Å². The summed E-state index contributed by atoms with van der Waals surface area (Å²) in [5, 5.41) is 10.2. The lowest BCUT2D eigenvalue weighted by Crippen LogP contribution is -2.49. The van der Waals surface area contributed by atoms with Crippen molar-refractivity contribution in [2.24, 2.45) is 11.8 Å². The molecule has 29 heavy (non-hydrogen) atoms. The van der Waals surface area contributed by atoms with Gasteiger partial charge in [0.15, 0.2) is 11.6 Å². The van der Waals surface area contributed by atoms with Crippen molar-refractivity contribution in [1.29, 1.82) is 0 Å². The molecule has 4 rings (SSSR count). The lowest BCUT2D eigenvalue weighted by molar-refractivity contribution is -0.131. The second kappa shape index (κ2) is 7.44. The summed E-state index contributed by atoms with van der Waals surface area (Å²) in [6.45, 7) is 1.84. The number of carbonyl (C=O) groups is 3. The molecule has 2 aromatic carbocycles. The Morgan fingerprint density at radius 3 is 2.41 bits per heavy atom. The lowest BCUT2D eigenvalue weighted by atomic mass is 9.65. The lowest BCUT2D eigenvalue weighted by Gasteiger charge is -2.40. The highest BCUT2D eigenvalue weighted by Crippen LogP contribution is 2.43. The number of hydrogen-bond donors (Lipinski definition) is 1. The largest absolute Gasteiger partial charge is 0.507 e. The first-order chi connectivity index (χ1) is 13.9. The summed E-state index contributed by atoms with van der Waals surface area (Å²) in [5.41, 5.74) is 1.10. The van der Waals surface area contributed by atoms with E-state index in [-0.39, 0.29) is 53.2 Å². The van der Waals surface area contributed by atoms with Crippen LogP contribution >= 0.6 is 0 Å². The van der Waals surface area contributed by atoms with Crippen LogP contribution in [0.25, 0.3) is 0 Å². The van der Waals surface area contributed by atoms with Gasteiger partial charge in [0.1, 0.15) is 17.3 Å². The molecular weight excluding hydrogens is 372 g/mol. The highest BCUT2D eigenvalue weighted by molar-refractivity contribution is 6.18. The minimum absolute atomic E-state index is 0.0289. The zero-order valence-electron chi connectivity index (χ0n) is 16.3. The maximum atomic E-state index is 13.2. The van der Waals surface area contributed by atoms with Gasteiger partial charge in [0, 0.05) is 24.3 Å². The molecule has 0 bridgehead atoms. The summed E-state index contributed by atoms with van der Waals surface area (Å²) >= 11 is 0. The number of Topliss-reactive ketones (excluding diaryl/α,β-unsaturated/α-hetero) is 3. The molecule has 1 N–H and O–H groups in total. The molecule has 0 amide bonds. The van der Waals surface area contributed by atoms with Crippen molar-refractivity contribution in [3.8, 4) is 11.5 Å². The fourth-order valence-corrected chi connectivity index (χ4v) is 4.39. The zero-order chi connectivity index (χ0) is 20.7. The quantitative estimate of drug-likeness (QED) is 0.853. The number of phenols is 1. The highest BCUT2D eigenvalue weighted by Gasteiger charge is 2.51. The molecule has 0 radical (unpaired) electrons. The van der Waals surface area contributed by atoms with Gasteiger partial charge in [0.2, 0.25) is 0 Å². The Labute approximate surface area is 168 Å². The van der Waals surface area contributed by atoms with Gasteiger partial charge in [-0.3, -0.25) is 14.4 Å². The van der Waals surface area contributed by atoms with E-state index in [9.17, 15) is 19.5 Å². The highest BCUT2D eigenvalue weighted by atomic mass is 16.5. The van der Waals surface area contributed by atoms with Crippen molar-refractivity contribution in [1.82, 2.24) is 0 Å².